The largest absolute Gasteiger partial charge is 0.494 e. The van der Waals surface area contributed by atoms with Gasteiger partial charge in [-0.25, -0.2) is 0 Å². The van der Waals surface area contributed by atoms with Crippen molar-refractivity contribution in [2.75, 3.05) is 7.11 Å². The number of rotatable bonds is 3. The van der Waals surface area contributed by atoms with Gasteiger partial charge in [0.05, 0.1) is 35.7 Å². The molecular weight excluding hydrogens is 402 g/mol. The minimum atomic E-state index is -4.62. The van der Waals surface area contributed by atoms with Crippen molar-refractivity contribution in [2.45, 2.75) is 12.4 Å². The first-order valence-corrected chi connectivity index (χ1v) is 8.04. The molecule has 4 nitrogen and oxygen atoms in total. The molecule has 0 fully saturated rings. The smallest absolute Gasteiger partial charge is 0.416 e. The van der Waals surface area contributed by atoms with Crippen LogP contribution in [0, 0.1) is 0 Å². The second kappa shape index (κ2) is 7.26. The summed E-state index contributed by atoms with van der Waals surface area (Å²) >= 11 is 0. The Morgan fingerprint density at radius 2 is 1.52 bits per heavy atom. The van der Waals surface area contributed by atoms with Gasteiger partial charge < -0.3 is 4.74 Å². The molecule has 3 rings (SSSR count). The number of benzene rings is 2. The quantitative estimate of drug-likeness (QED) is 0.570. The number of aromatic nitrogens is 2. The second-order valence-corrected chi connectivity index (χ2v) is 5.93. The lowest BCUT2D eigenvalue weighted by molar-refractivity contribution is -0.138. The monoisotopic (exact) mass is 414 g/mol. The maximum Gasteiger partial charge on any atom is 0.416 e. The highest BCUT2D eigenvalue weighted by atomic mass is 19.4. The number of halogens is 6. The van der Waals surface area contributed by atoms with E-state index in [2.05, 4.69) is 5.10 Å². The van der Waals surface area contributed by atoms with E-state index >= 15 is 0 Å². The van der Waals surface area contributed by atoms with Crippen LogP contribution >= 0.6 is 0 Å². The predicted molar refractivity (Wildman–Crippen MR) is 91.8 cm³/mol. The van der Waals surface area contributed by atoms with Crippen molar-refractivity contribution in [3.8, 4) is 22.6 Å². The van der Waals surface area contributed by atoms with Gasteiger partial charge in [-0.2, -0.15) is 36.1 Å². The lowest BCUT2D eigenvalue weighted by atomic mass is 10.0. The first-order chi connectivity index (χ1) is 13.5. The van der Waals surface area contributed by atoms with E-state index in [-0.39, 0.29) is 22.6 Å². The maximum absolute atomic E-state index is 13.0. The maximum atomic E-state index is 13.0. The Balaban J connectivity index is 2.16. The van der Waals surface area contributed by atoms with Crippen LogP contribution in [0.25, 0.3) is 16.8 Å². The SMILES string of the molecule is COc1cnn(-c2ccc(C(F)(F)F)cc2)c(=O)c1-c1cccc(C(F)(F)F)c1. The molecule has 152 valence electrons. The number of ether oxygens (including phenoxy) is 1. The predicted octanol–water partition coefficient (Wildman–Crippen LogP) is 4.95. The highest BCUT2D eigenvalue weighted by molar-refractivity contribution is 5.70. The summed E-state index contributed by atoms with van der Waals surface area (Å²) in [5.41, 5.74) is -2.98. The highest BCUT2D eigenvalue weighted by Gasteiger charge is 2.31. The van der Waals surface area contributed by atoms with E-state index in [9.17, 15) is 31.1 Å². The van der Waals surface area contributed by atoms with Crippen LogP contribution in [-0.2, 0) is 12.4 Å². The number of hydrogen-bond donors (Lipinski definition) is 0. The van der Waals surface area contributed by atoms with Gasteiger partial charge in [0, 0.05) is 0 Å². The summed E-state index contributed by atoms with van der Waals surface area (Å²) in [6.45, 7) is 0. The molecule has 3 aromatic rings. The van der Waals surface area contributed by atoms with E-state index in [1.54, 1.807) is 0 Å². The molecule has 1 aromatic heterocycles. The molecule has 10 heteroatoms. The third kappa shape index (κ3) is 4.10. The van der Waals surface area contributed by atoms with Gasteiger partial charge in [-0.1, -0.05) is 12.1 Å². The van der Waals surface area contributed by atoms with Crippen LogP contribution in [0.15, 0.2) is 59.5 Å². The van der Waals surface area contributed by atoms with Crippen molar-refractivity contribution in [1.29, 1.82) is 0 Å². The molecule has 0 radical (unpaired) electrons. The summed E-state index contributed by atoms with van der Waals surface area (Å²) in [6, 6.07) is 7.71. The van der Waals surface area contributed by atoms with Crippen molar-refractivity contribution in [3.63, 3.8) is 0 Å². The van der Waals surface area contributed by atoms with Gasteiger partial charge in [0.25, 0.3) is 5.56 Å². The molecule has 0 aliphatic heterocycles. The zero-order valence-corrected chi connectivity index (χ0v) is 14.7. The third-order valence-electron chi connectivity index (χ3n) is 4.08. The Labute approximate surface area is 160 Å². The minimum Gasteiger partial charge on any atom is -0.494 e. The Morgan fingerprint density at radius 3 is 2.07 bits per heavy atom. The number of nitrogens with zero attached hydrogens (tertiary/aromatic N) is 2. The van der Waals surface area contributed by atoms with Crippen molar-refractivity contribution >= 4 is 0 Å². The lowest BCUT2D eigenvalue weighted by Gasteiger charge is -2.13. The van der Waals surface area contributed by atoms with Gasteiger partial charge in [0.15, 0.2) is 5.75 Å². The van der Waals surface area contributed by atoms with E-state index in [0.29, 0.717) is 0 Å². The Hall–Kier alpha value is -3.30. The normalized spacial score (nSPS) is 12.1. The molecule has 2 aromatic carbocycles. The molecule has 0 aliphatic carbocycles. The Kier molecular flexibility index (Phi) is 5.12. The van der Waals surface area contributed by atoms with Crippen molar-refractivity contribution in [2.24, 2.45) is 0 Å². The molecule has 29 heavy (non-hydrogen) atoms. The second-order valence-electron chi connectivity index (χ2n) is 5.93. The summed E-state index contributed by atoms with van der Waals surface area (Å²) in [4.78, 5) is 12.9. The van der Waals surface area contributed by atoms with E-state index in [1.807, 2.05) is 0 Å². The zero-order valence-electron chi connectivity index (χ0n) is 14.7. The fraction of sp³-hybridized carbons (Fsp3) is 0.158. The number of hydrogen-bond acceptors (Lipinski definition) is 3. The first kappa shape index (κ1) is 20.4. The van der Waals surface area contributed by atoms with E-state index < -0.39 is 29.0 Å². The molecule has 0 amide bonds. The topological polar surface area (TPSA) is 44.1 Å². The number of alkyl halides is 6. The van der Waals surface area contributed by atoms with Crippen molar-refractivity contribution in [1.82, 2.24) is 9.78 Å². The summed E-state index contributed by atoms with van der Waals surface area (Å²) < 4.78 is 83.1. The van der Waals surface area contributed by atoms with Crippen LogP contribution < -0.4 is 10.3 Å². The summed E-state index contributed by atoms with van der Waals surface area (Å²) in [5.74, 6) is -0.0718. The molecule has 0 unspecified atom stereocenters. The van der Waals surface area contributed by atoms with Crippen LogP contribution in [-0.4, -0.2) is 16.9 Å². The van der Waals surface area contributed by atoms with Crippen LogP contribution in [0.4, 0.5) is 26.3 Å². The third-order valence-corrected chi connectivity index (χ3v) is 4.08. The van der Waals surface area contributed by atoms with E-state index in [0.717, 1.165) is 53.3 Å². The average Bonchev–Trinajstić information content (AvgIpc) is 2.66. The van der Waals surface area contributed by atoms with Gasteiger partial charge in [-0.15, -0.1) is 0 Å². The van der Waals surface area contributed by atoms with Crippen LogP contribution in [0.2, 0.25) is 0 Å². The minimum absolute atomic E-state index is 0.0129. The van der Waals surface area contributed by atoms with Crippen LogP contribution in [0.5, 0.6) is 5.75 Å². The Morgan fingerprint density at radius 1 is 0.897 bits per heavy atom. The molecule has 1 heterocycles. The zero-order chi connectivity index (χ0) is 21.4. The first-order valence-electron chi connectivity index (χ1n) is 8.04. The standard InChI is InChI=1S/C19H12F6N2O2/c1-29-15-10-26-27(14-7-5-12(6-8-14)18(20,21)22)17(28)16(15)11-3-2-4-13(9-11)19(23,24)25/h2-10H,1H3. The molecule has 0 atom stereocenters. The van der Waals surface area contributed by atoms with Gasteiger partial charge in [0.2, 0.25) is 0 Å². The van der Waals surface area contributed by atoms with Crippen molar-refractivity contribution in [3.05, 3.63) is 76.2 Å². The number of methoxy groups -OCH3 is 1. The molecule has 0 N–H and O–H groups in total. The average molecular weight is 414 g/mol. The molecule has 0 aliphatic rings. The fourth-order valence-corrected chi connectivity index (χ4v) is 2.69. The summed E-state index contributed by atoms with van der Waals surface area (Å²) in [6.07, 6.45) is -8.07. The summed E-state index contributed by atoms with van der Waals surface area (Å²) in [7, 11) is 1.22. The molecular formula is C19H12F6N2O2. The lowest BCUT2D eigenvalue weighted by Crippen LogP contribution is -2.23. The fourth-order valence-electron chi connectivity index (χ4n) is 2.69. The Bertz CT molecular complexity index is 1090. The van der Waals surface area contributed by atoms with Crippen LogP contribution in [0.1, 0.15) is 11.1 Å². The van der Waals surface area contributed by atoms with Gasteiger partial charge in [-0.05, 0) is 42.0 Å². The molecule has 0 saturated carbocycles. The molecule has 0 spiro atoms. The van der Waals surface area contributed by atoms with E-state index in [1.165, 1.54) is 13.2 Å². The molecule has 0 bridgehead atoms. The van der Waals surface area contributed by atoms with Crippen molar-refractivity contribution < 1.29 is 31.1 Å². The van der Waals surface area contributed by atoms with Gasteiger partial charge >= 0.3 is 12.4 Å². The van der Waals surface area contributed by atoms with E-state index in [4.69, 9.17) is 4.74 Å². The van der Waals surface area contributed by atoms with Crippen LogP contribution in [0.3, 0.4) is 0 Å². The summed E-state index contributed by atoms with van der Waals surface area (Å²) in [5, 5.41) is 3.84. The van der Waals surface area contributed by atoms with Gasteiger partial charge in [-0.3, -0.25) is 4.79 Å². The molecule has 0 saturated heterocycles. The highest BCUT2D eigenvalue weighted by Crippen LogP contribution is 2.34. The van der Waals surface area contributed by atoms with Gasteiger partial charge in [0.1, 0.15) is 0 Å².